The number of nitrogens with one attached hydrogen (secondary N) is 4. The van der Waals surface area contributed by atoms with E-state index in [9.17, 15) is 21.6 Å². The van der Waals surface area contributed by atoms with E-state index < -0.39 is 36.9 Å². The van der Waals surface area contributed by atoms with Crippen molar-refractivity contribution < 1.29 is 21.6 Å². The van der Waals surface area contributed by atoms with Crippen LogP contribution in [0.2, 0.25) is 0 Å². The number of hydrogen-bond donors (Lipinski definition) is 4. The third-order valence-corrected chi connectivity index (χ3v) is 7.18. The van der Waals surface area contributed by atoms with Crippen LogP contribution in [0.3, 0.4) is 0 Å². The Kier molecular flexibility index (Phi) is 7.40. The molecule has 32 heavy (non-hydrogen) atoms. The molecular weight excluding hydrogens is 452 g/mol. The largest absolute Gasteiger partial charge is 0.345 e. The molecule has 2 aromatic carbocycles. The summed E-state index contributed by atoms with van der Waals surface area (Å²) in [6, 6.07) is 11.7. The SMILES string of the molecule is CC(C)(C)c1ccccc1S(=O)(=O)NNC(=O)NNS(=O)(=O)c1ccccc1C(C)(C)C. The first-order valence-electron chi connectivity index (χ1n) is 9.84. The van der Waals surface area contributed by atoms with Crippen LogP contribution >= 0.6 is 0 Å². The summed E-state index contributed by atoms with van der Waals surface area (Å²) in [5.41, 5.74) is 4.13. The van der Waals surface area contributed by atoms with Gasteiger partial charge in [0.15, 0.2) is 0 Å². The highest BCUT2D eigenvalue weighted by atomic mass is 32.2. The van der Waals surface area contributed by atoms with Gasteiger partial charge in [-0.15, -0.1) is 9.66 Å². The van der Waals surface area contributed by atoms with Crippen LogP contribution in [0.1, 0.15) is 52.7 Å². The molecule has 0 radical (unpaired) electrons. The van der Waals surface area contributed by atoms with Gasteiger partial charge in [0.2, 0.25) is 0 Å². The molecule has 0 heterocycles. The summed E-state index contributed by atoms with van der Waals surface area (Å²) in [6.07, 6.45) is 0. The van der Waals surface area contributed by atoms with Crippen LogP contribution in [0.15, 0.2) is 58.3 Å². The van der Waals surface area contributed by atoms with Gasteiger partial charge in [0.1, 0.15) is 0 Å². The molecule has 176 valence electrons. The zero-order valence-corrected chi connectivity index (χ0v) is 20.6. The Morgan fingerprint density at radius 1 is 0.625 bits per heavy atom. The third-order valence-electron chi connectivity index (χ3n) is 4.57. The fourth-order valence-corrected chi connectivity index (χ4v) is 5.53. The van der Waals surface area contributed by atoms with E-state index >= 15 is 0 Å². The first-order chi connectivity index (χ1) is 14.6. The lowest BCUT2D eigenvalue weighted by atomic mass is 9.87. The van der Waals surface area contributed by atoms with Crippen molar-refractivity contribution in [3.8, 4) is 0 Å². The summed E-state index contributed by atoms with van der Waals surface area (Å²) in [5.74, 6) is 0. The lowest BCUT2D eigenvalue weighted by Gasteiger charge is -2.23. The van der Waals surface area contributed by atoms with Gasteiger partial charge in [-0.2, -0.15) is 0 Å². The van der Waals surface area contributed by atoms with Gasteiger partial charge < -0.3 is 0 Å². The molecule has 0 aliphatic carbocycles. The molecule has 0 unspecified atom stereocenters. The molecular formula is C21H30N4O5S2. The second-order valence-electron chi connectivity index (χ2n) is 9.28. The van der Waals surface area contributed by atoms with Gasteiger partial charge >= 0.3 is 6.03 Å². The minimum absolute atomic E-state index is 0.00693. The number of amides is 2. The Bertz CT molecular complexity index is 1100. The molecule has 0 bridgehead atoms. The van der Waals surface area contributed by atoms with Crippen LogP contribution in [-0.4, -0.2) is 22.9 Å². The van der Waals surface area contributed by atoms with E-state index in [4.69, 9.17) is 0 Å². The number of rotatable bonds is 6. The van der Waals surface area contributed by atoms with Gasteiger partial charge in [0.05, 0.1) is 9.79 Å². The van der Waals surface area contributed by atoms with Crippen LogP contribution < -0.4 is 20.5 Å². The number of carbonyl (C=O) groups is 1. The maximum Gasteiger partial charge on any atom is 0.345 e. The Morgan fingerprint density at radius 2 is 0.938 bits per heavy atom. The summed E-state index contributed by atoms with van der Waals surface area (Å²) in [6.45, 7) is 11.2. The topological polar surface area (TPSA) is 133 Å². The van der Waals surface area contributed by atoms with E-state index in [1.165, 1.54) is 12.1 Å². The standard InChI is InChI=1S/C21H30N4O5S2/c1-20(2,3)15-11-7-9-13-17(15)31(27,28)24-22-19(26)23-25-32(29,30)18-14-10-8-12-16(18)21(4,5)6/h7-14,24-25H,1-6H3,(H2,22,23,26). The Labute approximate surface area is 190 Å². The first-order valence-corrected chi connectivity index (χ1v) is 12.8. The highest BCUT2D eigenvalue weighted by Crippen LogP contribution is 2.29. The highest BCUT2D eigenvalue weighted by Gasteiger charge is 2.27. The van der Waals surface area contributed by atoms with Gasteiger partial charge in [0.25, 0.3) is 20.0 Å². The molecule has 11 heteroatoms. The highest BCUT2D eigenvalue weighted by molar-refractivity contribution is 7.89. The predicted molar refractivity (Wildman–Crippen MR) is 123 cm³/mol. The van der Waals surface area contributed by atoms with Crippen molar-refractivity contribution in [3.05, 3.63) is 59.7 Å². The van der Waals surface area contributed by atoms with Crippen LogP contribution in [0.25, 0.3) is 0 Å². The van der Waals surface area contributed by atoms with Crippen molar-refractivity contribution in [1.82, 2.24) is 20.5 Å². The number of urea groups is 1. The monoisotopic (exact) mass is 482 g/mol. The van der Waals surface area contributed by atoms with E-state index in [2.05, 4.69) is 0 Å². The molecule has 0 saturated carbocycles. The van der Waals surface area contributed by atoms with E-state index in [0.29, 0.717) is 11.1 Å². The zero-order chi connectivity index (χ0) is 24.4. The Hall–Kier alpha value is -2.47. The zero-order valence-electron chi connectivity index (χ0n) is 19.0. The quantitative estimate of drug-likeness (QED) is 0.470. The average Bonchev–Trinajstić information content (AvgIpc) is 2.69. The number of hydrogen-bond acceptors (Lipinski definition) is 5. The fourth-order valence-electron chi connectivity index (χ4n) is 3.01. The van der Waals surface area contributed by atoms with E-state index in [0.717, 1.165) is 0 Å². The number of carbonyl (C=O) groups excluding carboxylic acids is 1. The number of sulfonamides is 2. The van der Waals surface area contributed by atoms with Crippen molar-refractivity contribution in [2.45, 2.75) is 62.2 Å². The molecule has 4 N–H and O–H groups in total. The van der Waals surface area contributed by atoms with Crippen molar-refractivity contribution in [2.75, 3.05) is 0 Å². The first kappa shape index (κ1) is 25.8. The second-order valence-corrected chi connectivity index (χ2v) is 12.6. The predicted octanol–water partition coefficient (Wildman–Crippen LogP) is 2.67. The summed E-state index contributed by atoms with van der Waals surface area (Å²) < 4.78 is 50.8. The molecule has 2 aromatic rings. The van der Waals surface area contributed by atoms with Gasteiger partial charge in [-0.3, -0.25) is 10.9 Å². The molecule has 0 aromatic heterocycles. The van der Waals surface area contributed by atoms with Crippen molar-refractivity contribution in [1.29, 1.82) is 0 Å². The molecule has 0 spiro atoms. The van der Waals surface area contributed by atoms with E-state index in [1.54, 1.807) is 36.4 Å². The number of hydrazine groups is 2. The van der Waals surface area contributed by atoms with Crippen LogP contribution in [0, 0.1) is 0 Å². The molecule has 0 aliphatic rings. The van der Waals surface area contributed by atoms with Crippen molar-refractivity contribution >= 4 is 26.1 Å². The molecule has 0 saturated heterocycles. The lowest BCUT2D eigenvalue weighted by Crippen LogP contribution is -2.52. The minimum Gasteiger partial charge on any atom is -0.258 e. The van der Waals surface area contributed by atoms with Crippen LogP contribution in [-0.2, 0) is 30.9 Å². The van der Waals surface area contributed by atoms with Crippen molar-refractivity contribution in [3.63, 3.8) is 0 Å². The Balaban J connectivity index is 2.11. The van der Waals surface area contributed by atoms with Gasteiger partial charge in [-0.25, -0.2) is 21.6 Å². The smallest absolute Gasteiger partial charge is 0.258 e. The van der Waals surface area contributed by atoms with E-state index in [-0.39, 0.29) is 9.79 Å². The minimum atomic E-state index is -4.10. The maximum absolute atomic E-state index is 12.7. The lowest BCUT2D eigenvalue weighted by molar-refractivity contribution is 0.237. The molecule has 0 fully saturated rings. The summed E-state index contributed by atoms with van der Waals surface area (Å²) >= 11 is 0. The molecule has 2 rings (SSSR count). The fraction of sp³-hybridized carbons (Fsp3) is 0.381. The van der Waals surface area contributed by atoms with E-state index in [1.807, 2.05) is 62.1 Å². The average molecular weight is 483 g/mol. The van der Waals surface area contributed by atoms with Gasteiger partial charge in [-0.1, -0.05) is 77.9 Å². The Morgan fingerprint density at radius 3 is 1.25 bits per heavy atom. The molecule has 0 atom stereocenters. The molecule has 0 aliphatic heterocycles. The number of benzene rings is 2. The summed E-state index contributed by atoms with van der Waals surface area (Å²) in [4.78, 5) is 16.0. The third kappa shape index (κ3) is 6.28. The second kappa shape index (κ2) is 9.18. The summed E-state index contributed by atoms with van der Waals surface area (Å²) in [5, 5.41) is 0. The molecule has 2 amide bonds. The van der Waals surface area contributed by atoms with Gasteiger partial charge in [-0.05, 0) is 34.1 Å². The van der Waals surface area contributed by atoms with Crippen LogP contribution in [0.5, 0.6) is 0 Å². The summed E-state index contributed by atoms with van der Waals surface area (Å²) in [7, 11) is -8.20. The molecule has 9 nitrogen and oxygen atoms in total. The van der Waals surface area contributed by atoms with Crippen LogP contribution in [0.4, 0.5) is 4.79 Å². The van der Waals surface area contributed by atoms with Gasteiger partial charge in [0, 0.05) is 0 Å². The van der Waals surface area contributed by atoms with Crippen molar-refractivity contribution in [2.24, 2.45) is 0 Å². The maximum atomic E-state index is 12.7. The normalized spacial score (nSPS) is 12.9.